The normalized spacial score (nSPS) is 10.0. The van der Waals surface area contributed by atoms with Gasteiger partial charge in [-0.05, 0) is 13.8 Å². The van der Waals surface area contributed by atoms with E-state index in [1.54, 1.807) is 14.0 Å². The molecule has 0 N–H and O–H groups in total. The number of hydrogen-bond acceptors (Lipinski definition) is 5. The number of likely N-dealkylation sites (N-methyl/N-ethyl adjacent to an activating group) is 1. The van der Waals surface area contributed by atoms with E-state index in [1.807, 2.05) is 6.92 Å². The van der Waals surface area contributed by atoms with Gasteiger partial charge in [0.05, 0.1) is 17.8 Å². The van der Waals surface area contributed by atoms with Crippen LogP contribution in [0.25, 0.3) is 0 Å². The molecule has 0 aliphatic carbocycles. The van der Waals surface area contributed by atoms with Crippen LogP contribution >= 0.6 is 11.3 Å². The highest BCUT2D eigenvalue weighted by Gasteiger charge is 2.19. The number of carbonyl (C=O) groups is 2. The molecule has 1 aromatic rings. The molecule has 0 fully saturated rings. The van der Waals surface area contributed by atoms with Crippen molar-refractivity contribution in [2.24, 2.45) is 0 Å². The van der Waals surface area contributed by atoms with E-state index in [9.17, 15) is 9.59 Å². The van der Waals surface area contributed by atoms with Gasteiger partial charge in [0, 0.05) is 7.05 Å². The second kappa shape index (κ2) is 5.07. The average Bonchev–Trinajstić information content (AvgIpc) is 2.56. The Kier molecular flexibility index (Phi) is 4.00. The Balaban J connectivity index is 2.78. The lowest BCUT2D eigenvalue weighted by Gasteiger charge is -2.14. The molecule has 0 aliphatic heterocycles. The number of methoxy groups -OCH3 is 1. The van der Waals surface area contributed by atoms with Gasteiger partial charge in [0.1, 0.15) is 11.4 Å². The molecule has 5 nitrogen and oxygen atoms in total. The summed E-state index contributed by atoms with van der Waals surface area (Å²) in [4.78, 5) is 29.0. The topological polar surface area (TPSA) is 59.5 Å². The van der Waals surface area contributed by atoms with Crippen LogP contribution in [0, 0.1) is 13.8 Å². The molecule has 1 aromatic heterocycles. The second-order valence-corrected chi connectivity index (χ2v) is 4.59. The fraction of sp³-hybridized carbons (Fsp3) is 0.500. The molecular weight excluding hydrogens is 228 g/mol. The van der Waals surface area contributed by atoms with E-state index in [1.165, 1.54) is 23.3 Å². The van der Waals surface area contributed by atoms with Crippen LogP contribution in [0.4, 0.5) is 0 Å². The van der Waals surface area contributed by atoms with E-state index >= 15 is 0 Å². The van der Waals surface area contributed by atoms with E-state index in [-0.39, 0.29) is 12.5 Å². The van der Waals surface area contributed by atoms with Gasteiger partial charge in [-0.15, -0.1) is 11.3 Å². The summed E-state index contributed by atoms with van der Waals surface area (Å²) in [7, 11) is 2.86. The van der Waals surface area contributed by atoms with Crippen LogP contribution < -0.4 is 0 Å². The number of aryl methyl sites for hydroxylation is 2. The molecule has 1 rings (SSSR count). The van der Waals surface area contributed by atoms with Crippen LogP contribution in [-0.2, 0) is 9.53 Å². The quantitative estimate of drug-likeness (QED) is 0.742. The third-order valence-electron chi connectivity index (χ3n) is 2.04. The minimum absolute atomic E-state index is 0.0499. The highest BCUT2D eigenvalue weighted by molar-refractivity contribution is 7.13. The standard InChI is InChI=1S/C10H14N2O3S/c1-6-9(16-7(2)11-6)10(14)12(3)5-8(13)15-4/h5H2,1-4H3. The second-order valence-electron chi connectivity index (χ2n) is 3.38. The Hall–Kier alpha value is -1.43. The maximum Gasteiger partial charge on any atom is 0.325 e. The molecule has 0 bridgehead atoms. The first kappa shape index (κ1) is 12.6. The molecule has 0 spiro atoms. The number of carbonyl (C=O) groups excluding carboxylic acids is 2. The first-order valence-electron chi connectivity index (χ1n) is 4.72. The number of nitrogens with zero attached hydrogens (tertiary/aromatic N) is 2. The van der Waals surface area contributed by atoms with Gasteiger partial charge in [0.15, 0.2) is 0 Å². The fourth-order valence-electron chi connectivity index (χ4n) is 1.23. The summed E-state index contributed by atoms with van der Waals surface area (Å²) < 4.78 is 4.50. The Labute approximate surface area is 98.0 Å². The molecule has 0 aliphatic rings. The molecule has 0 aromatic carbocycles. The monoisotopic (exact) mass is 242 g/mol. The van der Waals surface area contributed by atoms with Crippen LogP contribution in [0.2, 0.25) is 0 Å². The van der Waals surface area contributed by atoms with Crippen molar-refractivity contribution in [2.75, 3.05) is 20.7 Å². The zero-order valence-corrected chi connectivity index (χ0v) is 10.6. The summed E-state index contributed by atoms with van der Waals surface area (Å²) in [5.74, 6) is -0.636. The number of thiazole rings is 1. The minimum atomic E-state index is -0.435. The predicted molar refractivity (Wildman–Crippen MR) is 60.6 cm³/mol. The van der Waals surface area contributed by atoms with Crippen molar-refractivity contribution in [3.8, 4) is 0 Å². The third-order valence-corrected chi connectivity index (χ3v) is 3.10. The lowest BCUT2D eigenvalue weighted by molar-refractivity contribution is -0.141. The molecule has 1 heterocycles. The lowest BCUT2D eigenvalue weighted by atomic mass is 10.3. The largest absolute Gasteiger partial charge is 0.468 e. The third kappa shape index (κ3) is 2.79. The molecule has 88 valence electrons. The van der Waals surface area contributed by atoms with Gasteiger partial charge in [-0.25, -0.2) is 4.98 Å². The van der Waals surface area contributed by atoms with E-state index in [0.717, 1.165) is 5.01 Å². The van der Waals surface area contributed by atoms with Crippen LogP contribution in [0.1, 0.15) is 20.4 Å². The highest BCUT2D eigenvalue weighted by Crippen LogP contribution is 2.18. The summed E-state index contributed by atoms with van der Waals surface area (Å²) >= 11 is 1.33. The minimum Gasteiger partial charge on any atom is -0.468 e. The summed E-state index contributed by atoms with van der Waals surface area (Å²) in [5.41, 5.74) is 0.698. The van der Waals surface area contributed by atoms with Gasteiger partial charge in [-0.3, -0.25) is 9.59 Å². The molecule has 0 unspecified atom stereocenters. The van der Waals surface area contributed by atoms with Crippen molar-refractivity contribution in [1.82, 2.24) is 9.88 Å². The van der Waals surface area contributed by atoms with E-state index in [0.29, 0.717) is 10.6 Å². The van der Waals surface area contributed by atoms with Crippen LogP contribution in [0.5, 0.6) is 0 Å². The lowest BCUT2D eigenvalue weighted by Crippen LogP contribution is -2.32. The molecule has 1 amide bonds. The van der Waals surface area contributed by atoms with Crippen LogP contribution in [0.15, 0.2) is 0 Å². The summed E-state index contributed by atoms with van der Waals surface area (Å²) in [6.45, 7) is 3.57. The highest BCUT2D eigenvalue weighted by atomic mass is 32.1. The van der Waals surface area contributed by atoms with Gasteiger partial charge < -0.3 is 9.64 Å². The molecule has 16 heavy (non-hydrogen) atoms. The molecular formula is C10H14N2O3S. The van der Waals surface area contributed by atoms with Gasteiger partial charge in [0.2, 0.25) is 0 Å². The van der Waals surface area contributed by atoms with Gasteiger partial charge in [0.25, 0.3) is 5.91 Å². The van der Waals surface area contributed by atoms with Gasteiger partial charge in [-0.1, -0.05) is 0 Å². The molecule has 0 radical (unpaired) electrons. The zero-order valence-electron chi connectivity index (χ0n) is 9.73. The van der Waals surface area contributed by atoms with E-state index in [4.69, 9.17) is 0 Å². The predicted octanol–water partition coefficient (Wildman–Crippen LogP) is 1.00. The van der Waals surface area contributed by atoms with Crippen molar-refractivity contribution in [3.05, 3.63) is 15.6 Å². The molecule has 0 saturated heterocycles. The number of amides is 1. The summed E-state index contributed by atoms with van der Waals surface area (Å²) in [5, 5.41) is 0.840. The van der Waals surface area contributed by atoms with Crippen molar-refractivity contribution >= 4 is 23.2 Å². The first-order chi connectivity index (χ1) is 7.45. The zero-order chi connectivity index (χ0) is 12.3. The Morgan fingerprint density at radius 3 is 2.50 bits per heavy atom. The SMILES string of the molecule is COC(=O)CN(C)C(=O)c1sc(C)nc1C. The number of aromatic nitrogens is 1. The van der Waals surface area contributed by atoms with Crippen LogP contribution in [0.3, 0.4) is 0 Å². The van der Waals surface area contributed by atoms with Crippen LogP contribution in [-0.4, -0.2) is 42.5 Å². The van der Waals surface area contributed by atoms with Crippen molar-refractivity contribution in [3.63, 3.8) is 0 Å². The van der Waals surface area contributed by atoms with Gasteiger partial charge in [-0.2, -0.15) is 0 Å². The maximum atomic E-state index is 11.9. The van der Waals surface area contributed by atoms with E-state index < -0.39 is 5.97 Å². The number of hydrogen-bond donors (Lipinski definition) is 0. The summed E-state index contributed by atoms with van der Waals surface area (Å²) in [6, 6.07) is 0. The first-order valence-corrected chi connectivity index (χ1v) is 5.53. The van der Waals surface area contributed by atoms with Crippen molar-refractivity contribution in [2.45, 2.75) is 13.8 Å². The summed E-state index contributed by atoms with van der Waals surface area (Å²) in [6.07, 6.45) is 0. The number of rotatable bonds is 3. The molecule has 0 saturated carbocycles. The van der Waals surface area contributed by atoms with E-state index in [2.05, 4.69) is 9.72 Å². The van der Waals surface area contributed by atoms with Crippen molar-refractivity contribution < 1.29 is 14.3 Å². The number of ether oxygens (including phenoxy) is 1. The maximum absolute atomic E-state index is 11.9. The Morgan fingerprint density at radius 1 is 1.44 bits per heavy atom. The smallest absolute Gasteiger partial charge is 0.325 e. The van der Waals surface area contributed by atoms with Crippen molar-refractivity contribution in [1.29, 1.82) is 0 Å². The molecule has 6 heteroatoms. The fourth-order valence-corrected chi connectivity index (χ4v) is 2.15. The Morgan fingerprint density at radius 2 is 2.06 bits per heavy atom. The Bertz CT molecular complexity index is 414. The molecule has 0 atom stereocenters. The van der Waals surface area contributed by atoms with Gasteiger partial charge >= 0.3 is 5.97 Å². The number of esters is 1. The average molecular weight is 242 g/mol.